The highest BCUT2D eigenvalue weighted by atomic mass is 79.9. The number of carbonyl (C=O) groups is 1. The van der Waals surface area contributed by atoms with Gasteiger partial charge in [-0.2, -0.15) is 0 Å². The average Bonchev–Trinajstić information content (AvgIpc) is 2.41. The van der Waals surface area contributed by atoms with Gasteiger partial charge in [-0.1, -0.05) is 22.0 Å². The van der Waals surface area contributed by atoms with Gasteiger partial charge in [-0.3, -0.25) is 9.00 Å². The third kappa shape index (κ3) is 4.37. The van der Waals surface area contributed by atoms with E-state index in [9.17, 15) is 13.4 Å². The van der Waals surface area contributed by atoms with Crippen LogP contribution in [0.3, 0.4) is 0 Å². The lowest BCUT2D eigenvalue weighted by molar-refractivity contribution is -0.113. The molecule has 4 nitrogen and oxygen atoms in total. The van der Waals surface area contributed by atoms with Gasteiger partial charge in [-0.25, -0.2) is 4.39 Å². The van der Waals surface area contributed by atoms with Gasteiger partial charge in [-0.15, -0.1) is 0 Å². The molecule has 0 aromatic heterocycles. The summed E-state index contributed by atoms with van der Waals surface area (Å²) in [6.07, 6.45) is 0. The Morgan fingerprint density at radius 2 is 2.05 bits per heavy atom. The van der Waals surface area contributed by atoms with Crippen LogP contribution >= 0.6 is 15.9 Å². The molecule has 0 aliphatic heterocycles. The highest BCUT2D eigenvalue weighted by molar-refractivity contribution is 9.10. The predicted molar refractivity (Wildman–Crippen MR) is 84.9 cm³/mol. The Balaban J connectivity index is 2.05. The van der Waals surface area contributed by atoms with Crippen molar-refractivity contribution >= 4 is 44.0 Å². The molecule has 21 heavy (non-hydrogen) atoms. The van der Waals surface area contributed by atoms with Gasteiger partial charge in [0.25, 0.3) is 0 Å². The zero-order chi connectivity index (χ0) is 15.4. The monoisotopic (exact) mass is 370 g/mol. The van der Waals surface area contributed by atoms with Crippen LogP contribution in [-0.2, 0) is 15.6 Å². The van der Waals surface area contributed by atoms with Crippen LogP contribution in [0.25, 0.3) is 0 Å². The van der Waals surface area contributed by atoms with Crippen molar-refractivity contribution in [2.45, 2.75) is 4.90 Å². The summed E-state index contributed by atoms with van der Waals surface area (Å²) in [6.45, 7) is 0. The molecule has 0 saturated carbocycles. The molecule has 1 amide bonds. The Labute approximate surface area is 132 Å². The quantitative estimate of drug-likeness (QED) is 0.812. The molecule has 0 bridgehead atoms. The van der Waals surface area contributed by atoms with Gasteiger partial charge in [0.15, 0.2) is 0 Å². The maximum Gasteiger partial charge on any atom is 0.237 e. The zero-order valence-electron chi connectivity index (χ0n) is 10.8. The number of carbonyl (C=O) groups excluding carboxylic acids is 1. The molecule has 2 aromatic carbocycles. The lowest BCUT2D eigenvalue weighted by Gasteiger charge is -2.07. The number of halogens is 2. The molecule has 0 radical (unpaired) electrons. The molecule has 1 unspecified atom stereocenters. The summed E-state index contributed by atoms with van der Waals surface area (Å²) >= 11 is 3.29. The van der Waals surface area contributed by atoms with Gasteiger partial charge >= 0.3 is 0 Å². The molecule has 2 rings (SSSR count). The molecule has 0 saturated heterocycles. The van der Waals surface area contributed by atoms with Gasteiger partial charge < -0.3 is 11.1 Å². The third-order valence-corrected chi connectivity index (χ3v) is 4.45. The van der Waals surface area contributed by atoms with E-state index in [0.717, 1.165) is 10.5 Å². The zero-order valence-corrected chi connectivity index (χ0v) is 13.2. The standard InChI is InChI=1S/C14H12BrFN2O2S/c15-9-2-1-3-11(6-9)18-14(19)8-21(20)13-7-10(16)4-5-12(13)17/h1-7H,8,17H2,(H,18,19). The fourth-order valence-corrected chi connectivity index (χ4v) is 3.11. The number of amides is 1. The van der Waals surface area contributed by atoms with Crippen LogP contribution in [0.15, 0.2) is 51.8 Å². The minimum Gasteiger partial charge on any atom is -0.398 e. The van der Waals surface area contributed by atoms with E-state index in [-0.39, 0.29) is 16.3 Å². The Bertz CT molecular complexity index is 709. The topological polar surface area (TPSA) is 72.2 Å². The van der Waals surface area contributed by atoms with Crippen LogP contribution in [0.1, 0.15) is 0 Å². The van der Waals surface area contributed by atoms with Crippen molar-refractivity contribution in [3.63, 3.8) is 0 Å². The lowest BCUT2D eigenvalue weighted by Crippen LogP contribution is -2.20. The molecule has 0 aliphatic carbocycles. The Kier molecular flexibility index (Phi) is 5.08. The van der Waals surface area contributed by atoms with Gasteiger partial charge in [0.2, 0.25) is 5.91 Å². The molecular weight excluding hydrogens is 359 g/mol. The summed E-state index contributed by atoms with van der Waals surface area (Å²) in [5.74, 6) is -1.27. The molecule has 110 valence electrons. The smallest absolute Gasteiger partial charge is 0.237 e. The van der Waals surface area contributed by atoms with E-state index in [4.69, 9.17) is 5.73 Å². The Morgan fingerprint density at radius 1 is 1.29 bits per heavy atom. The molecule has 0 spiro atoms. The second-order valence-electron chi connectivity index (χ2n) is 4.23. The summed E-state index contributed by atoms with van der Waals surface area (Å²) in [6, 6.07) is 10.6. The summed E-state index contributed by atoms with van der Waals surface area (Å²) in [5, 5.41) is 2.62. The van der Waals surface area contributed by atoms with Gasteiger partial charge in [0.05, 0.1) is 15.7 Å². The molecule has 0 heterocycles. The lowest BCUT2D eigenvalue weighted by atomic mass is 10.3. The number of nitrogens with one attached hydrogen (secondary N) is 1. The molecule has 2 aromatic rings. The molecule has 0 aliphatic rings. The fourth-order valence-electron chi connectivity index (χ4n) is 1.67. The van der Waals surface area contributed by atoms with Crippen molar-refractivity contribution in [2.24, 2.45) is 0 Å². The molecule has 7 heteroatoms. The minimum absolute atomic E-state index is 0.124. The molecule has 1 atom stereocenters. The van der Waals surface area contributed by atoms with Crippen molar-refractivity contribution in [1.82, 2.24) is 0 Å². The van der Waals surface area contributed by atoms with Crippen LogP contribution in [0.2, 0.25) is 0 Å². The minimum atomic E-state index is -1.70. The van der Waals surface area contributed by atoms with Crippen molar-refractivity contribution in [1.29, 1.82) is 0 Å². The van der Waals surface area contributed by atoms with Crippen LogP contribution in [0.4, 0.5) is 15.8 Å². The van der Waals surface area contributed by atoms with E-state index in [2.05, 4.69) is 21.2 Å². The summed E-state index contributed by atoms with van der Waals surface area (Å²) < 4.78 is 26.0. The first-order chi connectivity index (χ1) is 9.95. The number of nitrogen functional groups attached to an aromatic ring is 1. The van der Waals surface area contributed by atoms with E-state index in [1.165, 1.54) is 12.1 Å². The fraction of sp³-hybridized carbons (Fsp3) is 0.0714. The first-order valence-electron chi connectivity index (χ1n) is 5.94. The first-order valence-corrected chi connectivity index (χ1v) is 8.06. The normalized spacial score (nSPS) is 11.9. The van der Waals surface area contributed by atoms with Crippen molar-refractivity contribution in [3.8, 4) is 0 Å². The number of benzene rings is 2. The van der Waals surface area contributed by atoms with Crippen LogP contribution < -0.4 is 11.1 Å². The van der Waals surface area contributed by atoms with Crippen molar-refractivity contribution in [2.75, 3.05) is 16.8 Å². The Hall–Kier alpha value is -1.73. The van der Waals surface area contributed by atoms with Gasteiger partial charge in [-0.05, 0) is 36.4 Å². The number of anilines is 2. The van der Waals surface area contributed by atoms with E-state index < -0.39 is 22.5 Å². The molecule has 0 fully saturated rings. The average molecular weight is 371 g/mol. The second-order valence-corrected chi connectivity index (χ2v) is 6.57. The van der Waals surface area contributed by atoms with Crippen LogP contribution in [-0.4, -0.2) is 15.9 Å². The molecular formula is C14H12BrFN2O2S. The SMILES string of the molecule is Nc1ccc(F)cc1S(=O)CC(=O)Nc1cccc(Br)c1. The first kappa shape index (κ1) is 15.7. The van der Waals surface area contributed by atoms with Crippen LogP contribution in [0.5, 0.6) is 0 Å². The number of nitrogens with two attached hydrogens (primary N) is 1. The maximum atomic E-state index is 13.1. The number of rotatable bonds is 4. The Morgan fingerprint density at radius 3 is 2.76 bits per heavy atom. The van der Waals surface area contributed by atoms with E-state index in [1.54, 1.807) is 18.2 Å². The van der Waals surface area contributed by atoms with Gasteiger partial charge in [0, 0.05) is 15.8 Å². The van der Waals surface area contributed by atoms with E-state index in [1.807, 2.05) is 6.07 Å². The van der Waals surface area contributed by atoms with Crippen LogP contribution in [0, 0.1) is 5.82 Å². The summed E-state index contributed by atoms with van der Waals surface area (Å²) in [7, 11) is -1.70. The third-order valence-electron chi connectivity index (χ3n) is 2.59. The molecule has 3 N–H and O–H groups in total. The van der Waals surface area contributed by atoms with E-state index in [0.29, 0.717) is 5.69 Å². The second kappa shape index (κ2) is 6.82. The largest absolute Gasteiger partial charge is 0.398 e. The summed E-state index contributed by atoms with van der Waals surface area (Å²) in [5.41, 5.74) is 6.42. The highest BCUT2D eigenvalue weighted by Crippen LogP contribution is 2.19. The van der Waals surface area contributed by atoms with E-state index >= 15 is 0 Å². The predicted octanol–water partition coefficient (Wildman–Crippen LogP) is 2.92. The summed E-state index contributed by atoms with van der Waals surface area (Å²) in [4.78, 5) is 12.0. The number of hydrogen-bond donors (Lipinski definition) is 2. The van der Waals surface area contributed by atoms with Gasteiger partial charge in [0.1, 0.15) is 11.6 Å². The number of hydrogen-bond acceptors (Lipinski definition) is 3. The van der Waals surface area contributed by atoms with Crippen molar-refractivity contribution < 1.29 is 13.4 Å². The highest BCUT2D eigenvalue weighted by Gasteiger charge is 2.14. The maximum absolute atomic E-state index is 13.1. The van der Waals surface area contributed by atoms with Crippen molar-refractivity contribution in [3.05, 3.63) is 52.8 Å².